The Bertz CT molecular complexity index is 667. The molecule has 3 unspecified atom stereocenters. The van der Waals surface area contributed by atoms with Gasteiger partial charge < -0.3 is 37.6 Å². The van der Waals surface area contributed by atoms with Crippen LogP contribution in [-0.2, 0) is 28.8 Å². The van der Waals surface area contributed by atoms with E-state index in [1.54, 1.807) is 13.8 Å². The van der Waals surface area contributed by atoms with Gasteiger partial charge >= 0.3 is 11.9 Å². The molecule has 3 atom stereocenters. The largest absolute Gasteiger partial charge is 0.481 e. The lowest BCUT2D eigenvalue weighted by Gasteiger charge is -2.24. The molecule has 0 aromatic carbocycles. The zero-order valence-corrected chi connectivity index (χ0v) is 16.8. The minimum Gasteiger partial charge on any atom is -0.481 e. The van der Waals surface area contributed by atoms with Gasteiger partial charge in [-0.3, -0.25) is 28.8 Å². The summed E-state index contributed by atoms with van der Waals surface area (Å²) < 4.78 is 0. The fraction of sp³-hybridized carbons (Fsp3) is 0.647. The molecule has 9 N–H and O–H groups in total. The van der Waals surface area contributed by atoms with Gasteiger partial charge in [0.2, 0.25) is 23.6 Å². The number of hydrogen-bond donors (Lipinski definition) is 7. The molecule has 30 heavy (non-hydrogen) atoms. The minimum absolute atomic E-state index is 0.0632. The number of carbonyl (C=O) groups is 6. The van der Waals surface area contributed by atoms with Crippen molar-refractivity contribution < 1.29 is 39.0 Å². The Labute approximate surface area is 172 Å². The quantitative estimate of drug-likeness (QED) is 0.151. The van der Waals surface area contributed by atoms with Crippen LogP contribution in [0.3, 0.4) is 0 Å². The van der Waals surface area contributed by atoms with E-state index in [4.69, 9.17) is 21.7 Å². The second kappa shape index (κ2) is 13.1. The highest BCUT2D eigenvalue weighted by Crippen LogP contribution is 2.07. The third-order valence-corrected chi connectivity index (χ3v) is 3.79. The van der Waals surface area contributed by atoms with E-state index in [-0.39, 0.29) is 18.8 Å². The molecule has 0 aliphatic carbocycles. The monoisotopic (exact) mass is 431 g/mol. The van der Waals surface area contributed by atoms with Gasteiger partial charge in [-0.25, -0.2) is 0 Å². The summed E-state index contributed by atoms with van der Waals surface area (Å²) in [7, 11) is 0. The van der Waals surface area contributed by atoms with Gasteiger partial charge in [0.05, 0.1) is 12.5 Å². The Kier molecular flexibility index (Phi) is 11.7. The third-order valence-electron chi connectivity index (χ3n) is 3.79. The van der Waals surface area contributed by atoms with E-state index in [0.29, 0.717) is 0 Å². The summed E-state index contributed by atoms with van der Waals surface area (Å²) in [5, 5.41) is 24.3. The zero-order valence-electron chi connectivity index (χ0n) is 16.8. The van der Waals surface area contributed by atoms with Crippen LogP contribution in [0.5, 0.6) is 0 Å². The maximum atomic E-state index is 12.7. The highest BCUT2D eigenvalue weighted by molar-refractivity contribution is 5.94. The Morgan fingerprint density at radius 3 is 1.90 bits per heavy atom. The molecule has 0 aliphatic rings. The number of primary amides is 1. The van der Waals surface area contributed by atoms with Crippen molar-refractivity contribution in [1.82, 2.24) is 16.0 Å². The lowest BCUT2D eigenvalue weighted by atomic mass is 10.0. The Hall–Kier alpha value is -3.22. The van der Waals surface area contributed by atoms with Gasteiger partial charge in [-0.2, -0.15) is 0 Å². The van der Waals surface area contributed by atoms with Crippen LogP contribution >= 0.6 is 0 Å². The summed E-state index contributed by atoms with van der Waals surface area (Å²) in [5.74, 6) is -5.87. The minimum atomic E-state index is -1.33. The molecule has 4 amide bonds. The molecule has 170 valence electrons. The van der Waals surface area contributed by atoms with Crippen LogP contribution in [0.1, 0.15) is 39.5 Å². The number of nitrogens with two attached hydrogens (primary N) is 2. The van der Waals surface area contributed by atoms with E-state index in [1.807, 2.05) is 0 Å². The zero-order chi connectivity index (χ0) is 23.4. The number of carbonyl (C=O) groups excluding carboxylic acids is 4. The maximum Gasteiger partial charge on any atom is 0.322 e. The molecule has 0 radical (unpaired) electrons. The first-order chi connectivity index (χ1) is 13.8. The number of carboxylic acids is 2. The second-order valence-electron chi connectivity index (χ2n) is 7.07. The lowest BCUT2D eigenvalue weighted by Crippen LogP contribution is -2.56. The molecule has 0 saturated carbocycles. The van der Waals surface area contributed by atoms with Crippen molar-refractivity contribution in [2.45, 2.75) is 57.7 Å². The highest BCUT2D eigenvalue weighted by Gasteiger charge is 2.29. The van der Waals surface area contributed by atoms with E-state index in [2.05, 4.69) is 16.0 Å². The van der Waals surface area contributed by atoms with E-state index in [9.17, 15) is 28.8 Å². The van der Waals surface area contributed by atoms with Crippen LogP contribution in [0.25, 0.3) is 0 Å². The SMILES string of the molecule is CC(C)CC(NC(=O)C(N)CC(N)=O)C(=O)NC(CCC(=O)O)C(=O)NCC(=O)O. The molecule has 13 nitrogen and oxygen atoms in total. The van der Waals surface area contributed by atoms with Crippen LogP contribution in [0, 0.1) is 5.92 Å². The number of aliphatic carboxylic acids is 2. The van der Waals surface area contributed by atoms with Gasteiger partial charge in [-0.05, 0) is 18.8 Å². The predicted molar refractivity (Wildman–Crippen MR) is 103 cm³/mol. The van der Waals surface area contributed by atoms with Gasteiger partial charge in [0.1, 0.15) is 18.6 Å². The van der Waals surface area contributed by atoms with Gasteiger partial charge in [-0.1, -0.05) is 13.8 Å². The van der Waals surface area contributed by atoms with Crippen LogP contribution in [0.2, 0.25) is 0 Å². The number of amides is 4. The number of hydrogen-bond acceptors (Lipinski definition) is 7. The summed E-state index contributed by atoms with van der Waals surface area (Å²) >= 11 is 0. The molecular weight excluding hydrogens is 402 g/mol. The standard InChI is InChI=1S/C17H29N5O8/c1-8(2)5-11(22-15(28)9(18)6-12(19)23)17(30)21-10(3-4-13(24)25)16(29)20-7-14(26)27/h8-11H,3-7,18H2,1-2H3,(H2,19,23)(H,20,29)(H,21,30)(H,22,28)(H,24,25)(H,26,27). The summed E-state index contributed by atoms with van der Waals surface area (Å²) in [5.41, 5.74) is 10.6. The number of rotatable bonds is 14. The van der Waals surface area contributed by atoms with Crippen LogP contribution in [-0.4, -0.2) is 70.5 Å². The van der Waals surface area contributed by atoms with E-state index in [0.717, 1.165) is 0 Å². The highest BCUT2D eigenvalue weighted by atomic mass is 16.4. The molecular formula is C17H29N5O8. The Balaban J connectivity index is 5.30. The normalized spacial score (nSPS) is 13.6. The van der Waals surface area contributed by atoms with Crippen molar-refractivity contribution in [2.75, 3.05) is 6.54 Å². The molecule has 0 aromatic heterocycles. The smallest absolute Gasteiger partial charge is 0.322 e. The van der Waals surface area contributed by atoms with Crippen LogP contribution < -0.4 is 27.4 Å². The Morgan fingerprint density at radius 2 is 1.43 bits per heavy atom. The molecule has 0 rings (SSSR count). The lowest BCUT2D eigenvalue weighted by molar-refractivity contribution is -0.140. The summed E-state index contributed by atoms with van der Waals surface area (Å²) in [6.07, 6.45) is -1.03. The fourth-order valence-corrected chi connectivity index (χ4v) is 2.39. The average Bonchev–Trinajstić information content (AvgIpc) is 2.60. The van der Waals surface area contributed by atoms with Gasteiger partial charge in [0.25, 0.3) is 0 Å². The van der Waals surface area contributed by atoms with E-state index < -0.39 is 73.1 Å². The first-order valence-electron chi connectivity index (χ1n) is 9.19. The first kappa shape index (κ1) is 26.8. The number of nitrogens with one attached hydrogen (secondary N) is 3. The topological polar surface area (TPSA) is 231 Å². The van der Waals surface area contributed by atoms with Crippen molar-refractivity contribution >= 4 is 35.6 Å². The second-order valence-corrected chi connectivity index (χ2v) is 7.07. The first-order valence-corrected chi connectivity index (χ1v) is 9.19. The fourth-order valence-electron chi connectivity index (χ4n) is 2.39. The molecule has 0 fully saturated rings. The average molecular weight is 431 g/mol. The van der Waals surface area contributed by atoms with Crippen molar-refractivity contribution in [3.05, 3.63) is 0 Å². The molecule has 0 saturated heterocycles. The molecule has 13 heteroatoms. The summed E-state index contributed by atoms with van der Waals surface area (Å²) in [6.45, 7) is 2.83. The van der Waals surface area contributed by atoms with Gasteiger partial charge in [0, 0.05) is 6.42 Å². The van der Waals surface area contributed by atoms with Crippen LogP contribution in [0.15, 0.2) is 0 Å². The van der Waals surface area contributed by atoms with Gasteiger partial charge in [0.15, 0.2) is 0 Å². The van der Waals surface area contributed by atoms with E-state index in [1.165, 1.54) is 0 Å². The van der Waals surface area contributed by atoms with Crippen LogP contribution in [0.4, 0.5) is 0 Å². The number of carboxylic acid groups (broad SMARTS) is 2. The summed E-state index contributed by atoms with van der Waals surface area (Å²) in [4.78, 5) is 69.3. The van der Waals surface area contributed by atoms with Crippen molar-refractivity contribution in [3.63, 3.8) is 0 Å². The third kappa shape index (κ3) is 11.6. The molecule has 0 aliphatic heterocycles. The van der Waals surface area contributed by atoms with Crippen molar-refractivity contribution in [2.24, 2.45) is 17.4 Å². The van der Waals surface area contributed by atoms with E-state index >= 15 is 0 Å². The Morgan fingerprint density at radius 1 is 0.867 bits per heavy atom. The molecule has 0 heterocycles. The maximum absolute atomic E-state index is 12.7. The molecule has 0 aromatic rings. The summed E-state index contributed by atoms with van der Waals surface area (Å²) in [6, 6.07) is -3.73. The molecule has 0 bridgehead atoms. The molecule has 0 spiro atoms. The predicted octanol–water partition coefficient (Wildman–Crippen LogP) is -2.73. The van der Waals surface area contributed by atoms with Crippen molar-refractivity contribution in [1.29, 1.82) is 0 Å². The van der Waals surface area contributed by atoms with Gasteiger partial charge in [-0.15, -0.1) is 0 Å². The van der Waals surface area contributed by atoms with Crippen molar-refractivity contribution in [3.8, 4) is 0 Å².